The van der Waals surface area contributed by atoms with E-state index in [-0.39, 0.29) is 25.0 Å². The Labute approximate surface area is 107 Å². The lowest BCUT2D eigenvalue weighted by molar-refractivity contribution is -0.153. The van der Waals surface area contributed by atoms with Crippen molar-refractivity contribution in [3.8, 4) is 0 Å². The first-order chi connectivity index (χ1) is 7.86. The van der Waals surface area contributed by atoms with Crippen LogP contribution in [0.15, 0.2) is 0 Å². The number of carbonyl (C=O) groups is 2. The summed E-state index contributed by atoms with van der Waals surface area (Å²) in [4.78, 5) is 21.9. The Hall–Kier alpha value is -0.750. The summed E-state index contributed by atoms with van der Waals surface area (Å²) < 4.78 is 5.21. The molecule has 2 unspecified atom stereocenters. The van der Waals surface area contributed by atoms with Gasteiger partial charge < -0.3 is 15.2 Å². The van der Waals surface area contributed by atoms with Crippen LogP contribution < -0.4 is 5.32 Å². The predicted octanol–water partition coefficient (Wildman–Crippen LogP) is 1.35. The van der Waals surface area contributed by atoms with Crippen molar-refractivity contribution in [3.05, 3.63) is 0 Å². The molecule has 2 atom stereocenters. The third-order valence-corrected chi connectivity index (χ3v) is 2.48. The minimum atomic E-state index is -0.941. The number of esters is 1. The topological polar surface area (TPSA) is 75.6 Å². The lowest BCUT2D eigenvalue weighted by Gasteiger charge is -2.20. The molecular formula is C11H21NO4S. The van der Waals surface area contributed by atoms with Gasteiger partial charge >= 0.3 is 5.97 Å². The van der Waals surface area contributed by atoms with Crippen LogP contribution in [0.4, 0.5) is 4.79 Å². The second-order valence-electron chi connectivity index (χ2n) is 4.22. The lowest BCUT2D eigenvalue weighted by atomic mass is 10.1. The molecule has 0 aromatic heterocycles. The van der Waals surface area contributed by atoms with Gasteiger partial charge in [-0.15, -0.1) is 0 Å². The standard InChI is InChI=1S/C11H21NO4S/c1-4-9(7(2)3)16-10(14)5-8(13)6-12-11(15)17/h7-9,13H,4-6H2,1-3H3,(H2,12,15,17). The van der Waals surface area contributed by atoms with E-state index in [4.69, 9.17) is 4.74 Å². The van der Waals surface area contributed by atoms with Crippen molar-refractivity contribution in [2.24, 2.45) is 5.92 Å². The number of nitrogens with one attached hydrogen (secondary N) is 1. The maximum absolute atomic E-state index is 11.5. The molecule has 0 heterocycles. The average molecular weight is 263 g/mol. The zero-order chi connectivity index (χ0) is 13.4. The molecule has 0 bridgehead atoms. The van der Waals surface area contributed by atoms with E-state index in [9.17, 15) is 14.7 Å². The molecule has 0 aliphatic rings. The highest BCUT2D eigenvalue weighted by molar-refractivity contribution is 7.96. The molecule has 17 heavy (non-hydrogen) atoms. The Morgan fingerprint density at radius 1 is 1.41 bits per heavy atom. The van der Waals surface area contributed by atoms with Gasteiger partial charge in [0, 0.05) is 6.54 Å². The first-order valence-electron chi connectivity index (χ1n) is 5.71. The summed E-state index contributed by atoms with van der Waals surface area (Å²) in [5.74, 6) is -0.204. The average Bonchev–Trinajstić information content (AvgIpc) is 2.22. The van der Waals surface area contributed by atoms with Crippen LogP contribution in [0.1, 0.15) is 33.6 Å². The van der Waals surface area contributed by atoms with Crippen molar-refractivity contribution < 1.29 is 19.4 Å². The fraction of sp³-hybridized carbons (Fsp3) is 0.818. The molecule has 0 radical (unpaired) electrons. The Morgan fingerprint density at radius 3 is 2.41 bits per heavy atom. The molecule has 1 amide bonds. The maximum atomic E-state index is 11.5. The second-order valence-corrected chi connectivity index (χ2v) is 4.63. The van der Waals surface area contributed by atoms with E-state index in [1.807, 2.05) is 20.8 Å². The molecule has 0 aliphatic carbocycles. The number of ether oxygens (including phenoxy) is 1. The van der Waals surface area contributed by atoms with Gasteiger partial charge in [-0.3, -0.25) is 9.59 Å². The molecule has 0 saturated heterocycles. The number of amides is 1. The minimum Gasteiger partial charge on any atom is -0.462 e. The number of thiol groups is 1. The quantitative estimate of drug-likeness (QED) is 0.479. The summed E-state index contributed by atoms with van der Waals surface area (Å²) in [6.07, 6.45) is -0.457. The van der Waals surface area contributed by atoms with E-state index in [2.05, 4.69) is 17.9 Å². The van der Waals surface area contributed by atoms with Crippen LogP contribution in [0, 0.1) is 5.92 Å². The van der Waals surface area contributed by atoms with E-state index in [1.54, 1.807) is 0 Å². The fourth-order valence-corrected chi connectivity index (χ4v) is 1.47. The van der Waals surface area contributed by atoms with Crippen LogP contribution in [-0.2, 0) is 9.53 Å². The molecule has 0 saturated carbocycles. The highest BCUT2D eigenvalue weighted by atomic mass is 32.1. The van der Waals surface area contributed by atoms with Crippen LogP contribution in [0.2, 0.25) is 0 Å². The van der Waals surface area contributed by atoms with Crippen LogP contribution >= 0.6 is 12.6 Å². The fourth-order valence-electron chi connectivity index (χ4n) is 1.38. The Morgan fingerprint density at radius 2 is 2.00 bits per heavy atom. The number of aliphatic hydroxyl groups excluding tert-OH is 1. The summed E-state index contributed by atoms with van der Waals surface area (Å²) in [6.45, 7) is 5.88. The predicted molar refractivity (Wildman–Crippen MR) is 68.0 cm³/mol. The number of aliphatic hydroxyl groups is 1. The summed E-state index contributed by atoms with van der Waals surface area (Å²) >= 11 is 3.48. The molecule has 0 aliphatic heterocycles. The highest BCUT2D eigenvalue weighted by Gasteiger charge is 2.18. The van der Waals surface area contributed by atoms with Crippen molar-refractivity contribution in [3.63, 3.8) is 0 Å². The molecular weight excluding hydrogens is 242 g/mol. The maximum Gasteiger partial charge on any atom is 0.308 e. The van der Waals surface area contributed by atoms with Crippen LogP contribution in [-0.4, -0.2) is 35.1 Å². The van der Waals surface area contributed by atoms with Gasteiger partial charge in [0.2, 0.25) is 0 Å². The summed E-state index contributed by atoms with van der Waals surface area (Å²) in [5, 5.41) is 11.2. The monoisotopic (exact) mass is 263 g/mol. The minimum absolute atomic E-state index is 0.00406. The molecule has 0 spiro atoms. The summed E-state index contributed by atoms with van der Waals surface area (Å²) in [7, 11) is 0. The van der Waals surface area contributed by atoms with Gasteiger partial charge in [-0.25, -0.2) is 0 Å². The highest BCUT2D eigenvalue weighted by Crippen LogP contribution is 2.11. The first-order valence-corrected chi connectivity index (χ1v) is 6.15. The smallest absolute Gasteiger partial charge is 0.308 e. The van der Waals surface area contributed by atoms with Crippen molar-refractivity contribution in [1.29, 1.82) is 0 Å². The third kappa shape index (κ3) is 8.04. The van der Waals surface area contributed by atoms with E-state index < -0.39 is 17.3 Å². The van der Waals surface area contributed by atoms with Gasteiger partial charge in [-0.05, 0) is 12.3 Å². The van der Waals surface area contributed by atoms with Gasteiger partial charge in [0.15, 0.2) is 0 Å². The van der Waals surface area contributed by atoms with Crippen LogP contribution in [0.5, 0.6) is 0 Å². The van der Waals surface area contributed by atoms with Crippen molar-refractivity contribution in [2.75, 3.05) is 6.54 Å². The van der Waals surface area contributed by atoms with Crippen LogP contribution in [0.25, 0.3) is 0 Å². The Bertz CT molecular complexity index is 258. The SMILES string of the molecule is CCC(OC(=O)CC(O)CNC(=O)S)C(C)C. The summed E-state index contributed by atoms with van der Waals surface area (Å²) in [5.41, 5.74) is 0. The largest absolute Gasteiger partial charge is 0.462 e. The Balaban J connectivity index is 3.95. The van der Waals surface area contributed by atoms with E-state index >= 15 is 0 Å². The third-order valence-electron chi connectivity index (χ3n) is 2.32. The van der Waals surface area contributed by atoms with Gasteiger partial charge in [-0.1, -0.05) is 33.4 Å². The van der Waals surface area contributed by atoms with E-state index in [0.29, 0.717) is 0 Å². The normalized spacial score (nSPS) is 14.2. The zero-order valence-electron chi connectivity index (χ0n) is 10.5. The van der Waals surface area contributed by atoms with Crippen LogP contribution in [0.3, 0.4) is 0 Å². The molecule has 0 rings (SSSR count). The number of hydrogen-bond donors (Lipinski definition) is 3. The zero-order valence-corrected chi connectivity index (χ0v) is 11.4. The van der Waals surface area contributed by atoms with Gasteiger partial charge in [0.25, 0.3) is 5.24 Å². The Kier molecular flexibility index (Phi) is 7.99. The summed E-state index contributed by atoms with van der Waals surface area (Å²) in [6, 6.07) is 0. The number of rotatable bonds is 7. The molecule has 6 heteroatoms. The van der Waals surface area contributed by atoms with Gasteiger partial charge in [0.1, 0.15) is 6.10 Å². The molecule has 5 nitrogen and oxygen atoms in total. The van der Waals surface area contributed by atoms with Gasteiger partial charge in [0.05, 0.1) is 12.5 Å². The number of carbonyl (C=O) groups excluding carboxylic acids is 2. The van der Waals surface area contributed by atoms with Crippen molar-refractivity contribution in [1.82, 2.24) is 5.32 Å². The van der Waals surface area contributed by atoms with Crippen molar-refractivity contribution >= 4 is 23.8 Å². The van der Waals surface area contributed by atoms with E-state index in [0.717, 1.165) is 6.42 Å². The molecule has 0 aromatic carbocycles. The first kappa shape index (κ1) is 16.2. The molecule has 100 valence electrons. The van der Waals surface area contributed by atoms with Gasteiger partial charge in [-0.2, -0.15) is 0 Å². The van der Waals surface area contributed by atoms with E-state index in [1.165, 1.54) is 0 Å². The molecule has 2 N–H and O–H groups in total. The van der Waals surface area contributed by atoms with Crippen molar-refractivity contribution in [2.45, 2.75) is 45.8 Å². The number of hydrogen-bond acceptors (Lipinski definition) is 4. The second kappa shape index (κ2) is 8.36. The lowest BCUT2D eigenvalue weighted by Crippen LogP contribution is -2.32. The molecule has 0 aromatic rings. The molecule has 0 fully saturated rings.